The molecule has 18 heavy (non-hydrogen) atoms. The molecule has 0 radical (unpaired) electrons. The Kier molecular flexibility index (Phi) is 3.43. The summed E-state index contributed by atoms with van der Waals surface area (Å²) >= 11 is 0. The lowest BCUT2D eigenvalue weighted by atomic mass is 9.92. The molecule has 0 spiro atoms. The van der Waals surface area contributed by atoms with Gasteiger partial charge in [0.05, 0.1) is 0 Å². The van der Waals surface area contributed by atoms with Gasteiger partial charge in [-0.15, -0.1) is 0 Å². The lowest BCUT2D eigenvalue weighted by Gasteiger charge is -2.15. The van der Waals surface area contributed by atoms with Crippen LogP contribution in [0.5, 0.6) is 11.5 Å². The van der Waals surface area contributed by atoms with Gasteiger partial charge in [0, 0.05) is 0 Å². The summed E-state index contributed by atoms with van der Waals surface area (Å²) in [6, 6.07) is 2.85. The number of carbonyl (C=O) groups is 1. The molecular formula is C13H17NO4. The zero-order valence-corrected chi connectivity index (χ0v) is 10.5. The van der Waals surface area contributed by atoms with E-state index in [0.29, 0.717) is 17.9 Å². The highest BCUT2D eigenvalue weighted by atomic mass is 16.7. The van der Waals surface area contributed by atoms with Crippen molar-refractivity contribution in [2.24, 2.45) is 5.73 Å². The molecule has 0 amide bonds. The molecule has 1 aromatic carbocycles. The summed E-state index contributed by atoms with van der Waals surface area (Å²) in [5.74, 6) is 0.649. The second-order valence-electron chi connectivity index (χ2n) is 4.71. The quantitative estimate of drug-likeness (QED) is 0.847. The van der Waals surface area contributed by atoms with Gasteiger partial charge in [0.25, 0.3) is 0 Å². The van der Waals surface area contributed by atoms with Crippen LogP contribution in [0.25, 0.3) is 0 Å². The third-order valence-corrected chi connectivity index (χ3v) is 3.01. The van der Waals surface area contributed by atoms with Crippen molar-refractivity contribution in [3.63, 3.8) is 0 Å². The van der Waals surface area contributed by atoms with Crippen LogP contribution in [-0.4, -0.2) is 23.9 Å². The monoisotopic (exact) mass is 251 g/mol. The number of aliphatic carboxylic acids is 1. The normalized spacial score (nSPS) is 14.9. The summed E-state index contributed by atoms with van der Waals surface area (Å²) in [7, 11) is 0. The molecule has 0 fully saturated rings. The fourth-order valence-electron chi connectivity index (χ4n) is 2.04. The highest BCUT2D eigenvalue weighted by Crippen LogP contribution is 2.37. The van der Waals surface area contributed by atoms with Crippen LogP contribution in [0.4, 0.5) is 0 Å². The van der Waals surface area contributed by atoms with Crippen molar-refractivity contribution in [3.8, 4) is 11.5 Å². The third-order valence-electron chi connectivity index (χ3n) is 3.01. The van der Waals surface area contributed by atoms with Crippen molar-refractivity contribution in [2.75, 3.05) is 6.79 Å². The summed E-state index contributed by atoms with van der Waals surface area (Å²) in [6.45, 7) is 4.31. The Bertz CT molecular complexity index is 470. The maximum atomic E-state index is 10.8. The summed E-state index contributed by atoms with van der Waals surface area (Å²) in [5, 5.41) is 8.89. The summed E-state index contributed by atoms with van der Waals surface area (Å²) in [4.78, 5) is 10.8. The SMILES string of the molecule is CC(C)c1cc2c(cc1CC(N)C(=O)O)OCO2. The van der Waals surface area contributed by atoms with Crippen molar-refractivity contribution in [1.82, 2.24) is 0 Å². The van der Waals surface area contributed by atoms with E-state index in [4.69, 9.17) is 20.3 Å². The number of hydrogen-bond donors (Lipinski definition) is 2. The Morgan fingerprint density at radius 2 is 2.00 bits per heavy atom. The van der Waals surface area contributed by atoms with Crippen molar-refractivity contribution in [1.29, 1.82) is 0 Å². The molecule has 0 saturated carbocycles. The first-order valence-electron chi connectivity index (χ1n) is 5.90. The number of nitrogens with two attached hydrogens (primary N) is 1. The number of carboxylic acid groups (broad SMARTS) is 1. The van der Waals surface area contributed by atoms with Crippen LogP contribution in [0, 0.1) is 0 Å². The van der Waals surface area contributed by atoms with Gasteiger partial charge in [-0.1, -0.05) is 13.8 Å². The van der Waals surface area contributed by atoms with Crippen molar-refractivity contribution in [3.05, 3.63) is 23.3 Å². The molecule has 2 rings (SSSR count). The van der Waals surface area contributed by atoms with Gasteiger partial charge in [0.1, 0.15) is 6.04 Å². The van der Waals surface area contributed by atoms with Crippen LogP contribution in [0.2, 0.25) is 0 Å². The minimum absolute atomic E-state index is 0.210. The van der Waals surface area contributed by atoms with Crippen LogP contribution >= 0.6 is 0 Å². The largest absolute Gasteiger partial charge is 0.480 e. The molecule has 3 N–H and O–H groups in total. The van der Waals surface area contributed by atoms with Crippen LogP contribution in [0.3, 0.4) is 0 Å². The zero-order chi connectivity index (χ0) is 13.3. The molecule has 0 aliphatic carbocycles. The molecule has 0 saturated heterocycles. The second-order valence-corrected chi connectivity index (χ2v) is 4.71. The first-order chi connectivity index (χ1) is 8.49. The predicted molar refractivity (Wildman–Crippen MR) is 66.0 cm³/mol. The lowest BCUT2D eigenvalue weighted by Crippen LogP contribution is -2.32. The van der Waals surface area contributed by atoms with Crippen LogP contribution in [-0.2, 0) is 11.2 Å². The lowest BCUT2D eigenvalue weighted by molar-refractivity contribution is -0.138. The molecule has 1 atom stereocenters. The van der Waals surface area contributed by atoms with E-state index in [1.807, 2.05) is 26.0 Å². The molecule has 0 aromatic heterocycles. The van der Waals surface area contributed by atoms with Crippen molar-refractivity contribution < 1.29 is 19.4 Å². The molecule has 0 bridgehead atoms. The van der Waals surface area contributed by atoms with E-state index in [0.717, 1.165) is 11.1 Å². The number of hydrogen-bond acceptors (Lipinski definition) is 4. The minimum atomic E-state index is -0.998. The number of rotatable bonds is 4. The maximum Gasteiger partial charge on any atom is 0.320 e. The molecular weight excluding hydrogens is 234 g/mol. The van der Waals surface area contributed by atoms with E-state index in [9.17, 15) is 4.79 Å². The minimum Gasteiger partial charge on any atom is -0.480 e. The fraction of sp³-hybridized carbons (Fsp3) is 0.462. The molecule has 1 heterocycles. The Morgan fingerprint density at radius 3 is 2.56 bits per heavy atom. The average molecular weight is 251 g/mol. The standard InChI is InChI=1S/C13H17NO4/c1-7(2)9-5-12-11(17-6-18-12)4-8(9)3-10(14)13(15)16/h4-5,7,10H,3,6,14H2,1-2H3,(H,15,16). The Labute approximate surface area is 106 Å². The third kappa shape index (κ3) is 2.41. The Hall–Kier alpha value is -1.75. The number of benzene rings is 1. The van der Waals surface area contributed by atoms with Gasteiger partial charge in [-0.05, 0) is 35.6 Å². The van der Waals surface area contributed by atoms with E-state index < -0.39 is 12.0 Å². The zero-order valence-electron chi connectivity index (χ0n) is 10.5. The van der Waals surface area contributed by atoms with Gasteiger partial charge in [-0.3, -0.25) is 4.79 Å². The van der Waals surface area contributed by atoms with E-state index in [1.54, 1.807) is 0 Å². The molecule has 1 aromatic rings. The van der Waals surface area contributed by atoms with Gasteiger partial charge >= 0.3 is 5.97 Å². The molecule has 98 valence electrons. The highest BCUT2D eigenvalue weighted by molar-refractivity contribution is 5.73. The van der Waals surface area contributed by atoms with Gasteiger partial charge in [0.15, 0.2) is 11.5 Å². The molecule has 5 nitrogen and oxygen atoms in total. The Morgan fingerprint density at radius 1 is 1.39 bits per heavy atom. The number of carboxylic acids is 1. The van der Waals surface area contributed by atoms with Crippen molar-refractivity contribution in [2.45, 2.75) is 32.2 Å². The van der Waals surface area contributed by atoms with E-state index >= 15 is 0 Å². The second kappa shape index (κ2) is 4.86. The van der Waals surface area contributed by atoms with E-state index in [2.05, 4.69) is 0 Å². The van der Waals surface area contributed by atoms with E-state index in [1.165, 1.54) is 0 Å². The Balaban J connectivity index is 2.35. The predicted octanol–water partition coefficient (Wildman–Crippen LogP) is 1.49. The summed E-state index contributed by atoms with van der Waals surface area (Å²) in [6.07, 6.45) is 0.291. The van der Waals surface area contributed by atoms with Gasteiger partial charge in [0.2, 0.25) is 6.79 Å². The number of fused-ring (bicyclic) bond motifs is 1. The molecule has 1 aliphatic heterocycles. The maximum absolute atomic E-state index is 10.8. The molecule has 5 heteroatoms. The first-order valence-corrected chi connectivity index (χ1v) is 5.90. The molecule has 1 unspecified atom stereocenters. The van der Waals surface area contributed by atoms with Gasteiger partial charge in [-0.2, -0.15) is 0 Å². The van der Waals surface area contributed by atoms with Crippen LogP contribution < -0.4 is 15.2 Å². The number of ether oxygens (including phenoxy) is 2. The summed E-state index contributed by atoms with van der Waals surface area (Å²) < 4.78 is 10.6. The van der Waals surface area contributed by atoms with Crippen LogP contribution in [0.1, 0.15) is 30.9 Å². The topological polar surface area (TPSA) is 81.8 Å². The van der Waals surface area contributed by atoms with Gasteiger partial charge in [-0.25, -0.2) is 0 Å². The summed E-state index contributed by atoms with van der Waals surface area (Å²) in [5.41, 5.74) is 7.55. The average Bonchev–Trinajstić information content (AvgIpc) is 2.74. The first kappa shape index (κ1) is 12.7. The van der Waals surface area contributed by atoms with E-state index in [-0.39, 0.29) is 12.7 Å². The van der Waals surface area contributed by atoms with Crippen molar-refractivity contribution >= 4 is 5.97 Å². The highest BCUT2D eigenvalue weighted by Gasteiger charge is 2.21. The fourth-order valence-corrected chi connectivity index (χ4v) is 2.04. The molecule has 1 aliphatic rings. The van der Waals surface area contributed by atoms with Gasteiger partial charge < -0.3 is 20.3 Å². The van der Waals surface area contributed by atoms with Crippen LogP contribution in [0.15, 0.2) is 12.1 Å². The smallest absolute Gasteiger partial charge is 0.320 e.